The zero-order valence-corrected chi connectivity index (χ0v) is 38.6. The molecule has 9 aromatic rings. The molecule has 2 aliphatic carbocycles. The monoisotopic (exact) mass is 853 g/mol. The maximum absolute atomic E-state index is 7.24. The molecule has 0 saturated heterocycles. The molecule has 0 aromatic heterocycles. The Hall–Kier alpha value is -7.62. The molecule has 0 bridgehead atoms. The minimum Gasteiger partial charge on any atom is -0.497 e. The van der Waals surface area contributed by atoms with Gasteiger partial charge in [-0.1, -0.05) is 161 Å². The molecule has 0 radical (unpaired) electrons. The molecule has 1 aliphatic heterocycles. The van der Waals surface area contributed by atoms with Gasteiger partial charge in [0.15, 0.2) is 11.5 Å². The fraction of sp³-hybridized carbons (Fsp3) is 0.143. The molecule has 0 fully saturated rings. The third-order valence-corrected chi connectivity index (χ3v) is 14.9. The van der Waals surface area contributed by atoms with E-state index in [0.29, 0.717) is 0 Å². The Bertz CT molecular complexity index is 3260. The summed E-state index contributed by atoms with van der Waals surface area (Å²) in [5.74, 6) is 2.40. The lowest BCUT2D eigenvalue weighted by Gasteiger charge is -2.36. The van der Waals surface area contributed by atoms with E-state index in [9.17, 15) is 0 Å². The number of anilines is 3. The van der Waals surface area contributed by atoms with Gasteiger partial charge in [-0.05, 0) is 151 Å². The highest BCUT2D eigenvalue weighted by Gasteiger charge is 2.38. The maximum Gasteiger partial charge on any atom is 0.152 e. The average molecular weight is 854 g/mol. The van der Waals surface area contributed by atoms with Crippen molar-refractivity contribution in [3.8, 4) is 84.0 Å². The average Bonchev–Trinajstić information content (AvgIpc) is 3.71. The Balaban J connectivity index is 1.08. The van der Waals surface area contributed by atoms with Crippen molar-refractivity contribution in [1.82, 2.24) is 0 Å². The van der Waals surface area contributed by atoms with Crippen molar-refractivity contribution in [3.63, 3.8) is 0 Å². The number of fused-ring (bicyclic) bond motifs is 8. The molecule has 3 nitrogen and oxygen atoms in total. The summed E-state index contributed by atoms with van der Waals surface area (Å²) < 4.78 is 13.4. The van der Waals surface area contributed by atoms with Crippen molar-refractivity contribution >= 4 is 17.1 Å². The summed E-state index contributed by atoms with van der Waals surface area (Å²) in [5.41, 5.74) is 24.9. The molecular formula is C63H51NO2. The van der Waals surface area contributed by atoms with Crippen LogP contribution in [0.25, 0.3) is 66.8 Å². The minimum absolute atomic E-state index is 0.110. The van der Waals surface area contributed by atoms with Crippen LogP contribution >= 0.6 is 0 Å². The van der Waals surface area contributed by atoms with Gasteiger partial charge in [0, 0.05) is 22.0 Å². The number of aryl methyl sites for hydroxylation is 2. The van der Waals surface area contributed by atoms with Gasteiger partial charge in [0.05, 0.1) is 24.2 Å². The van der Waals surface area contributed by atoms with Crippen LogP contribution in [0.15, 0.2) is 182 Å². The molecule has 3 heteroatoms. The Labute approximate surface area is 388 Å². The molecule has 12 rings (SSSR count). The van der Waals surface area contributed by atoms with Gasteiger partial charge in [0.1, 0.15) is 5.75 Å². The SMILES string of the molecule is COc1cc(-c2ccccc2C)c(N2c3ccc(-c4ccc5c(c4)C(C)(C)c4ccccc4-5)cc3Oc3cc(-c4ccc5c(c4)C(C)(C)c4ccccc4-5)ccc32)c(-c2ccccc2C)c1. The van der Waals surface area contributed by atoms with Gasteiger partial charge in [-0.15, -0.1) is 0 Å². The van der Waals surface area contributed by atoms with E-state index < -0.39 is 0 Å². The summed E-state index contributed by atoms with van der Waals surface area (Å²) >= 11 is 0. The van der Waals surface area contributed by atoms with Gasteiger partial charge in [-0.25, -0.2) is 0 Å². The molecule has 0 N–H and O–H groups in total. The van der Waals surface area contributed by atoms with E-state index >= 15 is 0 Å². The molecule has 0 saturated carbocycles. The molecule has 0 atom stereocenters. The van der Waals surface area contributed by atoms with Crippen LogP contribution in [0.1, 0.15) is 61.1 Å². The molecule has 3 aliphatic rings. The van der Waals surface area contributed by atoms with Gasteiger partial charge >= 0.3 is 0 Å². The van der Waals surface area contributed by atoms with Crippen molar-refractivity contribution in [2.45, 2.75) is 52.4 Å². The molecule has 0 unspecified atom stereocenters. The lowest BCUT2D eigenvalue weighted by Crippen LogP contribution is -2.18. The first-order valence-corrected chi connectivity index (χ1v) is 23.1. The first kappa shape index (κ1) is 39.9. The summed E-state index contributed by atoms with van der Waals surface area (Å²) in [6.07, 6.45) is 0. The molecule has 0 amide bonds. The molecule has 320 valence electrons. The number of rotatable bonds is 6. The van der Waals surface area contributed by atoms with Gasteiger partial charge in [0.25, 0.3) is 0 Å². The van der Waals surface area contributed by atoms with E-state index in [1.54, 1.807) is 7.11 Å². The topological polar surface area (TPSA) is 21.7 Å². The fourth-order valence-corrected chi connectivity index (χ4v) is 11.3. The third kappa shape index (κ3) is 5.96. The van der Waals surface area contributed by atoms with Crippen LogP contribution in [0.5, 0.6) is 17.2 Å². The maximum atomic E-state index is 7.24. The van der Waals surface area contributed by atoms with Crippen molar-refractivity contribution < 1.29 is 9.47 Å². The second-order valence-corrected chi connectivity index (χ2v) is 19.4. The van der Waals surface area contributed by atoms with Gasteiger partial charge in [0.2, 0.25) is 0 Å². The first-order valence-electron chi connectivity index (χ1n) is 23.1. The van der Waals surface area contributed by atoms with Gasteiger partial charge < -0.3 is 14.4 Å². The van der Waals surface area contributed by atoms with E-state index in [0.717, 1.165) is 67.7 Å². The number of methoxy groups -OCH3 is 1. The molecular weight excluding hydrogens is 803 g/mol. The molecule has 9 aromatic carbocycles. The van der Waals surface area contributed by atoms with E-state index in [1.165, 1.54) is 66.8 Å². The van der Waals surface area contributed by atoms with Gasteiger partial charge in [-0.2, -0.15) is 0 Å². The predicted molar refractivity (Wildman–Crippen MR) is 274 cm³/mol. The lowest BCUT2D eigenvalue weighted by molar-refractivity contribution is 0.415. The smallest absolute Gasteiger partial charge is 0.152 e. The Kier molecular flexibility index (Phi) is 8.90. The Morgan fingerprint density at radius 2 is 0.758 bits per heavy atom. The standard InChI is InChI=1S/C63H51NO2/c1-38-16-8-10-18-45(38)51-36-44(65-7)37-52(46-19-11-9-17-39(46)2)61(51)64-57-30-26-42(40-24-28-49-47-20-12-14-22-53(47)62(3,4)55(49)32-40)34-59(57)66-60-35-43(27-31-58(60)64)41-25-29-50-48-21-13-15-23-54(48)63(5,6)56(50)33-41/h8-37H,1-7H3. The van der Waals surface area contributed by atoms with Crippen LogP contribution in [-0.4, -0.2) is 7.11 Å². The minimum atomic E-state index is -0.110. The highest BCUT2D eigenvalue weighted by molar-refractivity contribution is 6.03. The lowest BCUT2D eigenvalue weighted by atomic mass is 9.81. The molecule has 1 heterocycles. The second-order valence-electron chi connectivity index (χ2n) is 19.4. The molecule has 66 heavy (non-hydrogen) atoms. The number of benzene rings is 9. The van der Waals surface area contributed by atoms with E-state index in [4.69, 9.17) is 9.47 Å². The van der Waals surface area contributed by atoms with E-state index in [2.05, 4.69) is 228 Å². The van der Waals surface area contributed by atoms with Crippen LogP contribution in [0.4, 0.5) is 17.1 Å². The number of hydrogen-bond acceptors (Lipinski definition) is 3. The van der Waals surface area contributed by atoms with E-state index in [-0.39, 0.29) is 10.8 Å². The summed E-state index contributed by atoms with van der Waals surface area (Å²) in [6.45, 7) is 13.8. The Morgan fingerprint density at radius 3 is 1.20 bits per heavy atom. The number of hydrogen-bond donors (Lipinski definition) is 0. The summed E-state index contributed by atoms with van der Waals surface area (Å²) in [4.78, 5) is 2.44. The van der Waals surface area contributed by atoms with Crippen molar-refractivity contribution in [3.05, 3.63) is 215 Å². The van der Waals surface area contributed by atoms with Gasteiger partial charge in [-0.3, -0.25) is 0 Å². The second kappa shape index (κ2) is 14.7. The first-order chi connectivity index (χ1) is 32.0. The van der Waals surface area contributed by atoms with Crippen LogP contribution < -0.4 is 14.4 Å². The van der Waals surface area contributed by atoms with Crippen LogP contribution in [-0.2, 0) is 10.8 Å². The van der Waals surface area contributed by atoms with Crippen LogP contribution in [0.2, 0.25) is 0 Å². The quantitative estimate of drug-likeness (QED) is 0.166. The zero-order valence-electron chi connectivity index (χ0n) is 38.6. The predicted octanol–water partition coefficient (Wildman–Crippen LogP) is 17.2. The van der Waals surface area contributed by atoms with Crippen LogP contribution in [0, 0.1) is 13.8 Å². The van der Waals surface area contributed by atoms with Crippen molar-refractivity contribution in [2.75, 3.05) is 12.0 Å². The Morgan fingerprint density at radius 1 is 0.379 bits per heavy atom. The summed E-state index contributed by atoms with van der Waals surface area (Å²) in [5, 5.41) is 0. The highest BCUT2D eigenvalue weighted by atomic mass is 16.5. The van der Waals surface area contributed by atoms with Crippen molar-refractivity contribution in [1.29, 1.82) is 0 Å². The fourth-order valence-electron chi connectivity index (χ4n) is 11.3. The molecule has 0 spiro atoms. The van der Waals surface area contributed by atoms with Crippen LogP contribution in [0.3, 0.4) is 0 Å². The number of nitrogens with zero attached hydrogens (tertiary/aromatic N) is 1. The summed E-state index contributed by atoms with van der Waals surface area (Å²) in [6, 6.07) is 66.9. The normalized spacial score (nSPS) is 14.3. The van der Waals surface area contributed by atoms with E-state index in [1.807, 2.05) is 0 Å². The van der Waals surface area contributed by atoms with Crippen molar-refractivity contribution in [2.24, 2.45) is 0 Å². The highest BCUT2D eigenvalue weighted by Crippen LogP contribution is 2.58. The third-order valence-electron chi connectivity index (χ3n) is 14.9. The number of ether oxygens (including phenoxy) is 2. The zero-order chi connectivity index (χ0) is 45.1. The largest absolute Gasteiger partial charge is 0.497 e. The summed E-state index contributed by atoms with van der Waals surface area (Å²) in [7, 11) is 1.76.